The molecular weight excluding hydrogens is 234 g/mol. The van der Waals surface area contributed by atoms with Crippen LogP contribution in [-0.2, 0) is 5.54 Å². The third-order valence-electron chi connectivity index (χ3n) is 3.73. The van der Waals surface area contributed by atoms with Crippen LogP contribution in [-0.4, -0.2) is 9.55 Å². The van der Waals surface area contributed by atoms with Gasteiger partial charge >= 0.3 is 0 Å². The van der Waals surface area contributed by atoms with Crippen LogP contribution in [0.2, 0.25) is 5.02 Å². The molecule has 2 aromatic rings. The summed E-state index contributed by atoms with van der Waals surface area (Å²) in [6.45, 7) is 6.53. The Morgan fingerprint density at radius 1 is 1.35 bits per heavy atom. The van der Waals surface area contributed by atoms with Crippen LogP contribution in [0.1, 0.15) is 33.6 Å². The molecular formula is C13H18ClN3. The summed E-state index contributed by atoms with van der Waals surface area (Å²) in [5.74, 6) is 0.541. The van der Waals surface area contributed by atoms with Crippen molar-refractivity contribution in [3.05, 3.63) is 23.2 Å². The van der Waals surface area contributed by atoms with Crippen LogP contribution < -0.4 is 5.73 Å². The average molecular weight is 252 g/mol. The van der Waals surface area contributed by atoms with E-state index in [-0.39, 0.29) is 5.54 Å². The van der Waals surface area contributed by atoms with Gasteiger partial charge in [-0.25, -0.2) is 4.98 Å². The summed E-state index contributed by atoms with van der Waals surface area (Å²) in [7, 11) is 0. The lowest BCUT2D eigenvalue weighted by atomic mass is 9.95. The number of fused-ring (bicyclic) bond motifs is 1. The number of benzene rings is 1. The number of para-hydroxylation sites is 1. The molecule has 0 saturated carbocycles. The van der Waals surface area contributed by atoms with E-state index in [9.17, 15) is 0 Å². The monoisotopic (exact) mass is 251 g/mol. The fourth-order valence-corrected chi connectivity index (χ4v) is 2.43. The molecule has 0 radical (unpaired) electrons. The minimum atomic E-state index is -0.0104. The Bertz CT molecular complexity index is 541. The van der Waals surface area contributed by atoms with Gasteiger partial charge in [0.15, 0.2) is 0 Å². The average Bonchev–Trinajstić information content (AvgIpc) is 2.67. The van der Waals surface area contributed by atoms with Crippen molar-refractivity contribution >= 4 is 28.6 Å². The molecule has 2 rings (SSSR count). The van der Waals surface area contributed by atoms with Crippen molar-refractivity contribution in [2.75, 3.05) is 5.73 Å². The van der Waals surface area contributed by atoms with E-state index in [2.05, 4.69) is 30.3 Å². The van der Waals surface area contributed by atoms with Gasteiger partial charge in [0.25, 0.3) is 0 Å². The highest BCUT2D eigenvalue weighted by Gasteiger charge is 2.26. The summed E-state index contributed by atoms with van der Waals surface area (Å²) in [6, 6.07) is 5.80. The third-order valence-corrected chi connectivity index (χ3v) is 4.03. The first kappa shape index (κ1) is 12.2. The predicted octanol–water partition coefficient (Wildman–Crippen LogP) is 3.81. The van der Waals surface area contributed by atoms with E-state index in [1.54, 1.807) is 0 Å². The molecule has 0 atom stereocenters. The molecule has 0 spiro atoms. The molecule has 0 fully saturated rings. The molecule has 1 aromatic carbocycles. The van der Waals surface area contributed by atoms with Gasteiger partial charge in [0.1, 0.15) is 5.52 Å². The summed E-state index contributed by atoms with van der Waals surface area (Å²) >= 11 is 6.15. The predicted molar refractivity (Wildman–Crippen MR) is 73.4 cm³/mol. The van der Waals surface area contributed by atoms with Crippen LogP contribution in [0.25, 0.3) is 11.0 Å². The van der Waals surface area contributed by atoms with Crippen LogP contribution in [0.3, 0.4) is 0 Å². The van der Waals surface area contributed by atoms with Crippen molar-refractivity contribution in [1.82, 2.24) is 9.55 Å². The number of nitrogens with two attached hydrogens (primary N) is 1. The first-order chi connectivity index (χ1) is 8.03. The van der Waals surface area contributed by atoms with Gasteiger partial charge in [-0.3, -0.25) is 0 Å². The zero-order valence-electron chi connectivity index (χ0n) is 10.5. The van der Waals surface area contributed by atoms with E-state index in [1.165, 1.54) is 0 Å². The largest absolute Gasteiger partial charge is 0.369 e. The zero-order chi connectivity index (χ0) is 12.6. The van der Waals surface area contributed by atoms with Crippen molar-refractivity contribution in [2.24, 2.45) is 0 Å². The minimum absolute atomic E-state index is 0.0104. The third kappa shape index (κ3) is 1.78. The van der Waals surface area contributed by atoms with Gasteiger partial charge in [0, 0.05) is 5.54 Å². The molecule has 4 heteroatoms. The highest BCUT2D eigenvalue weighted by molar-refractivity contribution is 6.35. The van der Waals surface area contributed by atoms with E-state index in [0.29, 0.717) is 11.0 Å². The molecule has 1 aromatic heterocycles. The lowest BCUT2D eigenvalue weighted by Crippen LogP contribution is -2.29. The fourth-order valence-electron chi connectivity index (χ4n) is 2.22. The van der Waals surface area contributed by atoms with E-state index in [1.807, 2.05) is 18.2 Å². The second kappa shape index (κ2) is 4.22. The first-order valence-electron chi connectivity index (χ1n) is 5.96. The maximum atomic E-state index is 6.15. The van der Waals surface area contributed by atoms with Gasteiger partial charge in [0.2, 0.25) is 5.95 Å². The first-order valence-corrected chi connectivity index (χ1v) is 6.34. The van der Waals surface area contributed by atoms with E-state index in [4.69, 9.17) is 17.3 Å². The molecule has 3 nitrogen and oxygen atoms in total. The molecule has 0 saturated heterocycles. The highest BCUT2D eigenvalue weighted by Crippen LogP contribution is 2.34. The maximum Gasteiger partial charge on any atom is 0.201 e. The number of aromatic nitrogens is 2. The summed E-state index contributed by atoms with van der Waals surface area (Å²) < 4.78 is 2.11. The van der Waals surface area contributed by atoms with Crippen LogP contribution >= 0.6 is 11.6 Å². The Balaban J connectivity index is 2.77. The maximum absolute atomic E-state index is 6.15. The number of halogens is 1. The number of imidazole rings is 1. The fraction of sp³-hybridized carbons (Fsp3) is 0.462. The number of hydrogen-bond acceptors (Lipinski definition) is 2. The molecule has 0 bridgehead atoms. The van der Waals surface area contributed by atoms with Crippen molar-refractivity contribution in [3.63, 3.8) is 0 Å². The molecule has 17 heavy (non-hydrogen) atoms. The number of hydrogen-bond donors (Lipinski definition) is 1. The lowest BCUT2D eigenvalue weighted by Gasteiger charge is -2.30. The Labute approximate surface area is 107 Å². The highest BCUT2D eigenvalue weighted by atomic mass is 35.5. The van der Waals surface area contributed by atoms with Crippen molar-refractivity contribution in [2.45, 2.75) is 39.2 Å². The number of anilines is 1. The van der Waals surface area contributed by atoms with Crippen molar-refractivity contribution in [1.29, 1.82) is 0 Å². The molecule has 0 amide bonds. The van der Waals surface area contributed by atoms with Gasteiger partial charge in [-0.05, 0) is 31.9 Å². The molecule has 0 unspecified atom stereocenters. The summed E-state index contributed by atoms with van der Waals surface area (Å²) in [5.41, 5.74) is 7.85. The minimum Gasteiger partial charge on any atom is -0.369 e. The van der Waals surface area contributed by atoms with Crippen LogP contribution in [0.4, 0.5) is 5.95 Å². The molecule has 2 N–H and O–H groups in total. The normalized spacial score (nSPS) is 12.2. The number of nitrogen functional groups attached to an aromatic ring is 1. The topological polar surface area (TPSA) is 43.8 Å². The zero-order valence-corrected chi connectivity index (χ0v) is 11.3. The SMILES string of the molecule is CCC(C)(CC)n1c(N)nc2c(Cl)cccc21. The van der Waals surface area contributed by atoms with E-state index >= 15 is 0 Å². The van der Waals surface area contributed by atoms with Gasteiger partial charge in [-0.2, -0.15) is 0 Å². The van der Waals surface area contributed by atoms with Crippen LogP contribution in [0.5, 0.6) is 0 Å². The summed E-state index contributed by atoms with van der Waals surface area (Å²) in [5, 5.41) is 0.655. The molecule has 0 aliphatic rings. The Kier molecular flexibility index (Phi) is 3.04. The Morgan fingerprint density at radius 2 is 2.00 bits per heavy atom. The Hall–Kier alpha value is -1.22. The Morgan fingerprint density at radius 3 is 2.59 bits per heavy atom. The molecule has 1 heterocycles. The quantitative estimate of drug-likeness (QED) is 0.902. The summed E-state index contributed by atoms with van der Waals surface area (Å²) in [4.78, 5) is 4.38. The van der Waals surface area contributed by atoms with Crippen molar-refractivity contribution < 1.29 is 0 Å². The second-order valence-corrected chi connectivity index (χ2v) is 5.02. The number of nitrogens with zero attached hydrogens (tertiary/aromatic N) is 2. The smallest absolute Gasteiger partial charge is 0.201 e. The van der Waals surface area contributed by atoms with Gasteiger partial charge in [-0.1, -0.05) is 31.5 Å². The lowest BCUT2D eigenvalue weighted by molar-refractivity contribution is 0.307. The summed E-state index contributed by atoms with van der Waals surface area (Å²) in [6.07, 6.45) is 2.01. The van der Waals surface area contributed by atoms with Gasteiger partial charge < -0.3 is 10.3 Å². The van der Waals surface area contributed by atoms with Gasteiger partial charge in [-0.15, -0.1) is 0 Å². The van der Waals surface area contributed by atoms with E-state index in [0.717, 1.165) is 23.9 Å². The standard InChI is InChI=1S/C13H18ClN3/c1-4-13(3,5-2)17-10-8-6-7-9(14)11(10)16-12(17)15/h6-8H,4-5H2,1-3H3,(H2,15,16). The van der Waals surface area contributed by atoms with Gasteiger partial charge in [0.05, 0.1) is 10.5 Å². The second-order valence-electron chi connectivity index (χ2n) is 4.62. The van der Waals surface area contributed by atoms with E-state index < -0.39 is 0 Å². The molecule has 0 aliphatic heterocycles. The van der Waals surface area contributed by atoms with Crippen LogP contribution in [0, 0.1) is 0 Å². The van der Waals surface area contributed by atoms with Crippen molar-refractivity contribution in [3.8, 4) is 0 Å². The molecule has 0 aliphatic carbocycles. The van der Waals surface area contributed by atoms with Crippen LogP contribution in [0.15, 0.2) is 18.2 Å². The number of rotatable bonds is 3. The molecule has 92 valence electrons.